The lowest BCUT2D eigenvalue weighted by Gasteiger charge is -2.32. The van der Waals surface area contributed by atoms with Gasteiger partial charge in [-0.2, -0.15) is 0 Å². The van der Waals surface area contributed by atoms with E-state index in [0.717, 1.165) is 23.0 Å². The fourth-order valence-electron chi connectivity index (χ4n) is 2.64. The van der Waals surface area contributed by atoms with Gasteiger partial charge in [0.2, 0.25) is 6.79 Å². The summed E-state index contributed by atoms with van der Waals surface area (Å²) in [6.07, 6.45) is 3.47. The molecule has 104 valence electrons. The van der Waals surface area contributed by atoms with Crippen molar-refractivity contribution in [1.82, 2.24) is 5.32 Å². The molecule has 0 radical (unpaired) electrons. The summed E-state index contributed by atoms with van der Waals surface area (Å²) < 4.78 is 10.6. The molecule has 3 rings (SSSR count). The van der Waals surface area contributed by atoms with Crippen molar-refractivity contribution in [2.45, 2.75) is 38.3 Å². The molecule has 4 nitrogen and oxygen atoms in total. The number of hydrogen-bond acceptors (Lipinski definition) is 4. The van der Waals surface area contributed by atoms with Crippen molar-refractivity contribution in [3.8, 4) is 11.5 Å². The van der Waals surface area contributed by atoms with Gasteiger partial charge in [-0.1, -0.05) is 12.5 Å². The lowest BCUT2D eigenvalue weighted by molar-refractivity contribution is 0.154. The van der Waals surface area contributed by atoms with Crippen molar-refractivity contribution < 1.29 is 14.6 Å². The molecule has 0 bridgehead atoms. The van der Waals surface area contributed by atoms with Gasteiger partial charge in [0.25, 0.3) is 0 Å². The minimum Gasteiger partial charge on any atom is -0.454 e. The first kappa shape index (κ1) is 12.8. The summed E-state index contributed by atoms with van der Waals surface area (Å²) in [6, 6.07) is 6.10. The van der Waals surface area contributed by atoms with Crippen LogP contribution in [0.1, 0.15) is 37.9 Å². The lowest BCUT2D eigenvalue weighted by Crippen LogP contribution is -2.39. The van der Waals surface area contributed by atoms with E-state index in [4.69, 9.17) is 9.47 Å². The maximum absolute atomic E-state index is 10.2. The molecule has 1 fully saturated rings. The second kappa shape index (κ2) is 5.39. The molecular formula is C15H21NO3. The molecule has 0 aromatic heterocycles. The zero-order valence-corrected chi connectivity index (χ0v) is 11.3. The molecule has 1 aromatic rings. The monoisotopic (exact) mass is 263 g/mol. The van der Waals surface area contributed by atoms with Crippen molar-refractivity contribution in [1.29, 1.82) is 0 Å². The maximum Gasteiger partial charge on any atom is 0.231 e. The van der Waals surface area contributed by atoms with Crippen LogP contribution >= 0.6 is 0 Å². The van der Waals surface area contributed by atoms with Crippen molar-refractivity contribution in [3.63, 3.8) is 0 Å². The Hall–Kier alpha value is -1.26. The topological polar surface area (TPSA) is 50.7 Å². The summed E-state index contributed by atoms with van der Waals surface area (Å²) >= 11 is 0. The molecule has 2 aliphatic rings. The molecule has 1 aliphatic carbocycles. The smallest absolute Gasteiger partial charge is 0.231 e. The largest absolute Gasteiger partial charge is 0.454 e. The molecule has 1 heterocycles. The molecule has 19 heavy (non-hydrogen) atoms. The van der Waals surface area contributed by atoms with Gasteiger partial charge in [0.15, 0.2) is 11.5 Å². The van der Waals surface area contributed by atoms with Gasteiger partial charge in [0.1, 0.15) is 0 Å². The van der Waals surface area contributed by atoms with Crippen LogP contribution in [0.5, 0.6) is 11.5 Å². The predicted octanol–water partition coefficient (Wildman–Crippen LogP) is 2.23. The molecule has 1 aromatic carbocycles. The third kappa shape index (κ3) is 2.69. The summed E-state index contributed by atoms with van der Waals surface area (Å²) in [7, 11) is 0. The van der Waals surface area contributed by atoms with Crippen LogP contribution in [0.3, 0.4) is 0 Å². The van der Waals surface area contributed by atoms with Crippen molar-refractivity contribution in [2.75, 3.05) is 13.3 Å². The van der Waals surface area contributed by atoms with Crippen LogP contribution in [0.15, 0.2) is 18.2 Å². The van der Waals surface area contributed by atoms with E-state index in [1.807, 2.05) is 18.2 Å². The van der Waals surface area contributed by atoms with E-state index in [2.05, 4.69) is 12.2 Å². The SMILES string of the molecule is CC(NCC(O)c1ccc2c(c1)OCO2)C1CCC1. The molecular weight excluding hydrogens is 242 g/mol. The average Bonchev–Trinajstić information content (AvgIpc) is 2.80. The first-order valence-electron chi connectivity index (χ1n) is 7.05. The molecule has 2 unspecified atom stereocenters. The fourth-order valence-corrected chi connectivity index (χ4v) is 2.64. The van der Waals surface area contributed by atoms with Gasteiger partial charge in [0.05, 0.1) is 6.10 Å². The van der Waals surface area contributed by atoms with Crippen LogP contribution in [0.2, 0.25) is 0 Å². The summed E-state index contributed by atoms with van der Waals surface area (Å²) in [5, 5.41) is 13.6. The molecule has 1 aliphatic heterocycles. The first-order valence-corrected chi connectivity index (χ1v) is 7.05. The van der Waals surface area contributed by atoms with Crippen LogP contribution in [0, 0.1) is 5.92 Å². The Kier molecular flexibility index (Phi) is 3.62. The zero-order chi connectivity index (χ0) is 13.2. The highest BCUT2D eigenvalue weighted by atomic mass is 16.7. The van der Waals surface area contributed by atoms with E-state index in [-0.39, 0.29) is 6.79 Å². The molecule has 2 atom stereocenters. The number of rotatable bonds is 5. The van der Waals surface area contributed by atoms with Gasteiger partial charge < -0.3 is 19.9 Å². The third-order valence-corrected chi connectivity index (χ3v) is 4.27. The number of benzene rings is 1. The number of nitrogens with one attached hydrogen (secondary N) is 1. The van der Waals surface area contributed by atoms with Gasteiger partial charge in [0, 0.05) is 12.6 Å². The van der Waals surface area contributed by atoms with Crippen molar-refractivity contribution in [3.05, 3.63) is 23.8 Å². The highest BCUT2D eigenvalue weighted by Gasteiger charge is 2.24. The Balaban J connectivity index is 1.56. The number of hydrogen-bond donors (Lipinski definition) is 2. The van der Waals surface area contributed by atoms with Crippen LogP contribution in [-0.4, -0.2) is 24.5 Å². The van der Waals surface area contributed by atoms with Crippen LogP contribution in [0.4, 0.5) is 0 Å². The van der Waals surface area contributed by atoms with Gasteiger partial charge in [-0.05, 0) is 43.4 Å². The standard InChI is InChI=1S/C15H21NO3/c1-10(11-3-2-4-11)16-8-13(17)12-5-6-14-15(7-12)19-9-18-14/h5-7,10-11,13,16-17H,2-4,8-9H2,1H3. The minimum absolute atomic E-state index is 0.270. The predicted molar refractivity (Wildman–Crippen MR) is 72.3 cm³/mol. The Morgan fingerprint density at radius 1 is 1.32 bits per heavy atom. The average molecular weight is 263 g/mol. The summed E-state index contributed by atoms with van der Waals surface area (Å²) in [5.74, 6) is 2.26. The molecule has 0 spiro atoms. The molecule has 4 heteroatoms. The normalized spacial score (nSPS) is 20.9. The highest BCUT2D eigenvalue weighted by Crippen LogP contribution is 2.34. The molecule has 2 N–H and O–H groups in total. The number of aliphatic hydroxyl groups excluding tert-OH is 1. The van der Waals surface area contributed by atoms with E-state index in [1.165, 1.54) is 19.3 Å². The quantitative estimate of drug-likeness (QED) is 0.855. The van der Waals surface area contributed by atoms with Crippen LogP contribution in [-0.2, 0) is 0 Å². The minimum atomic E-state index is -0.503. The van der Waals surface area contributed by atoms with E-state index >= 15 is 0 Å². The Morgan fingerprint density at radius 2 is 2.11 bits per heavy atom. The van der Waals surface area contributed by atoms with Gasteiger partial charge >= 0.3 is 0 Å². The van der Waals surface area contributed by atoms with Crippen molar-refractivity contribution >= 4 is 0 Å². The Labute approximate surface area is 113 Å². The van der Waals surface area contributed by atoms with Crippen LogP contribution < -0.4 is 14.8 Å². The van der Waals surface area contributed by atoms with E-state index in [1.54, 1.807) is 0 Å². The lowest BCUT2D eigenvalue weighted by atomic mass is 9.80. The third-order valence-electron chi connectivity index (χ3n) is 4.27. The summed E-state index contributed by atoms with van der Waals surface area (Å²) in [6.45, 7) is 3.05. The van der Waals surface area contributed by atoms with Gasteiger partial charge in [-0.15, -0.1) is 0 Å². The first-order chi connectivity index (χ1) is 9.24. The van der Waals surface area contributed by atoms with Gasteiger partial charge in [-0.25, -0.2) is 0 Å². The zero-order valence-electron chi connectivity index (χ0n) is 11.3. The summed E-state index contributed by atoms with van der Waals surface area (Å²) in [4.78, 5) is 0. The fraction of sp³-hybridized carbons (Fsp3) is 0.600. The Bertz CT molecular complexity index is 445. The van der Waals surface area contributed by atoms with Gasteiger partial charge in [-0.3, -0.25) is 0 Å². The molecule has 0 saturated heterocycles. The van der Waals surface area contributed by atoms with Crippen molar-refractivity contribution in [2.24, 2.45) is 5.92 Å². The second-order valence-electron chi connectivity index (χ2n) is 5.52. The summed E-state index contributed by atoms with van der Waals surface area (Å²) in [5.41, 5.74) is 0.873. The number of ether oxygens (including phenoxy) is 2. The maximum atomic E-state index is 10.2. The highest BCUT2D eigenvalue weighted by molar-refractivity contribution is 5.45. The van der Waals surface area contributed by atoms with E-state index in [9.17, 15) is 5.11 Å². The molecule has 0 amide bonds. The molecule has 1 saturated carbocycles. The van der Waals surface area contributed by atoms with E-state index in [0.29, 0.717) is 12.6 Å². The van der Waals surface area contributed by atoms with Crippen LogP contribution in [0.25, 0.3) is 0 Å². The second-order valence-corrected chi connectivity index (χ2v) is 5.52. The Morgan fingerprint density at radius 3 is 2.84 bits per heavy atom. The number of fused-ring (bicyclic) bond motifs is 1. The number of aliphatic hydroxyl groups is 1. The van der Waals surface area contributed by atoms with E-state index < -0.39 is 6.10 Å².